The molecule has 0 fully saturated rings. The van der Waals surface area contributed by atoms with Crippen LogP contribution in [0.3, 0.4) is 0 Å². The fourth-order valence-electron chi connectivity index (χ4n) is 1.41. The van der Waals surface area contributed by atoms with E-state index in [2.05, 4.69) is 5.32 Å². The zero-order valence-electron chi connectivity index (χ0n) is 10.6. The molecule has 1 aromatic rings. The van der Waals surface area contributed by atoms with Gasteiger partial charge in [-0.25, -0.2) is 0 Å². The molecule has 3 nitrogen and oxygen atoms in total. The average Bonchev–Trinajstić information content (AvgIpc) is 2.21. The van der Waals surface area contributed by atoms with E-state index in [0.717, 1.165) is 11.1 Å². The summed E-state index contributed by atoms with van der Waals surface area (Å²) in [4.78, 5) is 12.4. The van der Waals surface area contributed by atoms with Gasteiger partial charge in [-0.1, -0.05) is 24.4 Å². The number of benzene rings is 1. The SMILES string of the molecule is Cc1cccc(C(=O)NC(C)(C)C(N)=S)c1C. The topological polar surface area (TPSA) is 55.1 Å². The maximum absolute atomic E-state index is 12.1. The fraction of sp³-hybridized carbons (Fsp3) is 0.385. The Morgan fingerprint density at radius 1 is 1.35 bits per heavy atom. The standard InChI is InChI=1S/C13H18N2OS/c1-8-6-5-7-10(9(8)2)11(16)15-13(3,4)12(14)17/h5-7H,1-4H3,(H2,14,17)(H,15,16). The largest absolute Gasteiger partial charge is 0.391 e. The van der Waals surface area contributed by atoms with E-state index in [1.54, 1.807) is 19.9 Å². The second kappa shape index (κ2) is 4.84. The van der Waals surface area contributed by atoms with Gasteiger partial charge in [0, 0.05) is 5.56 Å². The van der Waals surface area contributed by atoms with Crippen LogP contribution < -0.4 is 11.1 Å². The zero-order valence-corrected chi connectivity index (χ0v) is 11.4. The molecule has 0 heterocycles. The van der Waals surface area contributed by atoms with Gasteiger partial charge in [-0.15, -0.1) is 0 Å². The van der Waals surface area contributed by atoms with Crippen molar-refractivity contribution in [3.63, 3.8) is 0 Å². The highest BCUT2D eigenvalue weighted by Crippen LogP contribution is 2.14. The quantitative estimate of drug-likeness (QED) is 0.808. The van der Waals surface area contributed by atoms with Crippen LogP contribution in [0.25, 0.3) is 0 Å². The lowest BCUT2D eigenvalue weighted by atomic mass is 10.0. The smallest absolute Gasteiger partial charge is 0.252 e. The molecule has 0 aliphatic heterocycles. The molecule has 17 heavy (non-hydrogen) atoms. The highest BCUT2D eigenvalue weighted by molar-refractivity contribution is 7.80. The molecule has 0 aromatic heterocycles. The van der Waals surface area contributed by atoms with Gasteiger partial charge in [0.2, 0.25) is 0 Å². The van der Waals surface area contributed by atoms with E-state index >= 15 is 0 Å². The molecular weight excluding hydrogens is 232 g/mol. The van der Waals surface area contributed by atoms with Gasteiger partial charge in [-0.3, -0.25) is 4.79 Å². The van der Waals surface area contributed by atoms with Crippen LogP contribution in [0.1, 0.15) is 35.3 Å². The summed E-state index contributed by atoms with van der Waals surface area (Å²) in [5, 5.41) is 2.83. The van der Waals surface area contributed by atoms with Crippen molar-refractivity contribution in [1.82, 2.24) is 5.32 Å². The molecule has 0 radical (unpaired) electrons. The summed E-state index contributed by atoms with van der Waals surface area (Å²) in [5.74, 6) is -0.149. The average molecular weight is 250 g/mol. The second-order valence-electron chi connectivity index (χ2n) is 4.69. The maximum atomic E-state index is 12.1. The number of rotatable bonds is 3. The lowest BCUT2D eigenvalue weighted by Gasteiger charge is -2.25. The molecule has 1 rings (SSSR count). The molecule has 0 aliphatic rings. The zero-order chi connectivity index (χ0) is 13.2. The third-order valence-corrected chi connectivity index (χ3v) is 3.40. The minimum absolute atomic E-state index is 0.149. The number of nitrogens with one attached hydrogen (secondary N) is 1. The molecule has 0 saturated carbocycles. The van der Waals surface area contributed by atoms with Crippen LogP contribution >= 0.6 is 12.2 Å². The van der Waals surface area contributed by atoms with Gasteiger partial charge in [0.05, 0.1) is 10.5 Å². The van der Waals surface area contributed by atoms with Crippen LogP contribution in [-0.2, 0) is 0 Å². The summed E-state index contributed by atoms with van der Waals surface area (Å²) >= 11 is 4.92. The van der Waals surface area contributed by atoms with Crippen LogP contribution in [0.15, 0.2) is 18.2 Å². The van der Waals surface area contributed by atoms with Crippen molar-refractivity contribution >= 4 is 23.1 Å². The Balaban J connectivity index is 2.99. The van der Waals surface area contributed by atoms with E-state index < -0.39 is 5.54 Å². The number of aryl methyl sites for hydroxylation is 1. The molecule has 4 heteroatoms. The number of hydrogen-bond acceptors (Lipinski definition) is 2. The number of carbonyl (C=O) groups is 1. The van der Waals surface area contributed by atoms with Crippen molar-refractivity contribution in [2.45, 2.75) is 33.2 Å². The van der Waals surface area contributed by atoms with Crippen LogP contribution in [-0.4, -0.2) is 16.4 Å². The third-order valence-electron chi connectivity index (χ3n) is 2.89. The van der Waals surface area contributed by atoms with Crippen molar-refractivity contribution < 1.29 is 4.79 Å². The van der Waals surface area contributed by atoms with Crippen molar-refractivity contribution in [3.8, 4) is 0 Å². The van der Waals surface area contributed by atoms with Gasteiger partial charge in [0.1, 0.15) is 0 Å². The third kappa shape index (κ3) is 3.03. The van der Waals surface area contributed by atoms with Gasteiger partial charge in [-0.2, -0.15) is 0 Å². The number of thiocarbonyl (C=S) groups is 1. The Labute approximate surface area is 107 Å². The molecule has 1 amide bonds. The van der Waals surface area contributed by atoms with Crippen molar-refractivity contribution in [3.05, 3.63) is 34.9 Å². The van der Waals surface area contributed by atoms with Gasteiger partial charge < -0.3 is 11.1 Å². The first kappa shape index (κ1) is 13.6. The molecule has 3 N–H and O–H groups in total. The van der Waals surface area contributed by atoms with E-state index in [0.29, 0.717) is 5.56 Å². The Kier molecular flexibility index (Phi) is 3.88. The molecule has 1 aromatic carbocycles. The molecule has 0 saturated heterocycles. The van der Waals surface area contributed by atoms with Crippen LogP contribution in [0.5, 0.6) is 0 Å². The van der Waals surface area contributed by atoms with Gasteiger partial charge in [0.25, 0.3) is 5.91 Å². The Bertz CT molecular complexity index is 466. The van der Waals surface area contributed by atoms with Crippen LogP contribution in [0.2, 0.25) is 0 Å². The first-order chi connectivity index (χ1) is 7.75. The lowest BCUT2D eigenvalue weighted by molar-refractivity contribution is 0.0931. The summed E-state index contributed by atoms with van der Waals surface area (Å²) in [5.41, 5.74) is 7.63. The second-order valence-corrected chi connectivity index (χ2v) is 5.13. The summed E-state index contributed by atoms with van der Waals surface area (Å²) in [7, 11) is 0. The summed E-state index contributed by atoms with van der Waals surface area (Å²) in [6, 6.07) is 5.64. The van der Waals surface area contributed by atoms with E-state index in [1.165, 1.54) is 0 Å². The summed E-state index contributed by atoms with van der Waals surface area (Å²) in [6.07, 6.45) is 0. The summed E-state index contributed by atoms with van der Waals surface area (Å²) < 4.78 is 0. The number of nitrogens with two attached hydrogens (primary N) is 1. The monoisotopic (exact) mass is 250 g/mol. The molecule has 92 valence electrons. The van der Waals surface area contributed by atoms with Crippen LogP contribution in [0.4, 0.5) is 0 Å². The van der Waals surface area contributed by atoms with E-state index in [4.69, 9.17) is 18.0 Å². The molecule has 0 bridgehead atoms. The first-order valence-electron chi connectivity index (χ1n) is 5.44. The van der Waals surface area contributed by atoms with Gasteiger partial charge >= 0.3 is 0 Å². The van der Waals surface area contributed by atoms with Crippen molar-refractivity contribution in [2.24, 2.45) is 5.73 Å². The van der Waals surface area contributed by atoms with Crippen molar-refractivity contribution in [1.29, 1.82) is 0 Å². The summed E-state index contributed by atoms with van der Waals surface area (Å²) in [6.45, 7) is 7.49. The number of amides is 1. The molecular formula is C13H18N2OS. The highest BCUT2D eigenvalue weighted by atomic mass is 32.1. The first-order valence-corrected chi connectivity index (χ1v) is 5.85. The predicted octanol–water partition coefficient (Wildman–Crippen LogP) is 2.10. The van der Waals surface area contributed by atoms with E-state index in [-0.39, 0.29) is 10.9 Å². The predicted molar refractivity (Wildman–Crippen MR) is 74.2 cm³/mol. The number of hydrogen-bond donors (Lipinski definition) is 2. The Morgan fingerprint density at radius 2 is 1.94 bits per heavy atom. The minimum atomic E-state index is -0.678. The van der Waals surface area contributed by atoms with Crippen molar-refractivity contribution in [2.75, 3.05) is 0 Å². The minimum Gasteiger partial charge on any atom is -0.391 e. The number of carbonyl (C=O) groups excluding carboxylic acids is 1. The van der Waals surface area contributed by atoms with E-state index in [1.807, 2.05) is 26.0 Å². The Morgan fingerprint density at radius 3 is 2.47 bits per heavy atom. The van der Waals surface area contributed by atoms with Crippen LogP contribution in [0, 0.1) is 13.8 Å². The Hall–Kier alpha value is -1.42. The lowest BCUT2D eigenvalue weighted by Crippen LogP contribution is -2.52. The van der Waals surface area contributed by atoms with E-state index in [9.17, 15) is 4.79 Å². The molecule has 0 atom stereocenters. The highest BCUT2D eigenvalue weighted by Gasteiger charge is 2.24. The normalized spacial score (nSPS) is 11.1. The fourth-order valence-corrected chi connectivity index (χ4v) is 1.46. The molecule has 0 spiro atoms. The maximum Gasteiger partial charge on any atom is 0.252 e. The van der Waals surface area contributed by atoms with Gasteiger partial charge in [-0.05, 0) is 44.9 Å². The molecule has 0 aliphatic carbocycles. The van der Waals surface area contributed by atoms with Gasteiger partial charge in [0.15, 0.2) is 0 Å². The molecule has 0 unspecified atom stereocenters.